The molecule has 0 aromatic heterocycles. The molecule has 4 heteroatoms. The van der Waals surface area contributed by atoms with E-state index >= 15 is 0 Å². The Bertz CT molecular complexity index is 453. The van der Waals surface area contributed by atoms with Crippen molar-refractivity contribution in [2.75, 3.05) is 39.5 Å². The van der Waals surface area contributed by atoms with E-state index in [1.54, 1.807) is 0 Å². The van der Waals surface area contributed by atoms with E-state index in [0.29, 0.717) is 13.2 Å². The molecule has 0 unspecified atom stereocenters. The molecule has 0 atom stereocenters. The molecule has 1 aromatic carbocycles. The number of nitrogens with zero attached hydrogens (tertiary/aromatic N) is 1. The average Bonchev–Trinajstić information content (AvgIpc) is 2.49. The van der Waals surface area contributed by atoms with Crippen LogP contribution in [0.2, 0.25) is 0 Å². The van der Waals surface area contributed by atoms with Gasteiger partial charge in [0.05, 0.1) is 26.4 Å². The van der Waals surface area contributed by atoms with Crippen LogP contribution in [-0.2, 0) is 11.2 Å². The molecule has 0 spiro atoms. The smallest absolute Gasteiger partial charge is 0.176 e. The van der Waals surface area contributed by atoms with Crippen molar-refractivity contribution < 1.29 is 14.3 Å². The Labute approximate surface area is 120 Å². The Morgan fingerprint density at radius 3 is 2.70 bits per heavy atom. The van der Waals surface area contributed by atoms with Gasteiger partial charge in [-0.05, 0) is 37.1 Å². The molecule has 1 aromatic rings. The Morgan fingerprint density at radius 1 is 1.30 bits per heavy atom. The van der Waals surface area contributed by atoms with E-state index in [9.17, 15) is 4.79 Å². The largest absolute Gasteiger partial charge is 0.494 e. The van der Waals surface area contributed by atoms with Gasteiger partial charge in [-0.2, -0.15) is 0 Å². The highest BCUT2D eigenvalue weighted by atomic mass is 16.5. The maximum atomic E-state index is 12.3. The lowest BCUT2D eigenvalue weighted by Gasteiger charge is -2.25. The SMILES string of the molecule is CCOc1ccc(C(=O)CN2CCOCC2)cc1CC. The molecule has 1 aliphatic rings. The molecule has 1 fully saturated rings. The molecule has 110 valence electrons. The van der Waals surface area contributed by atoms with E-state index in [1.807, 2.05) is 25.1 Å². The van der Waals surface area contributed by atoms with Crippen molar-refractivity contribution >= 4 is 5.78 Å². The molecule has 2 rings (SSSR count). The zero-order valence-electron chi connectivity index (χ0n) is 12.4. The monoisotopic (exact) mass is 277 g/mol. The summed E-state index contributed by atoms with van der Waals surface area (Å²) in [4.78, 5) is 14.5. The number of hydrogen-bond acceptors (Lipinski definition) is 4. The number of benzene rings is 1. The van der Waals surface area contributed by atoms with Crippen molar-refractivity contribution in [2.24, 2.45) is 0 Å². The van der Waals surface area contributed by atoms with Crippen LogP contribution in [0.4, 0.5) is 0 Å². The zero-order chi connectivity index (χ0) is 14.4. The zero-order valence-corrected chi connectivity index (χ0v) is 12.4. The van der Waals surface area contributed by atoms with Crippen molar-refractivity contribution in [3.05, 3.63) is 29.3 Å². The lowest BCUT2D eigenvalue weighted by molar-refractivity contribution is 0.0371. The van der Waals surface area contributed by atoms with E-state index < -0.39 is 0 Å². The molecule has 1 aliphatic heterocycles. The van der Waals surface area contributed by atoms with Crippen LogP contribution in [0.5, 0.6) is 5.75 Å². The van der Waals surface area contributed by atoms with Crippen molar-refractivity contribution in [2.45, 2.75) is 20.3 Å². The molecule has 0 bridgehead atoms. The van der Waals surface area contributed by atoms with E-state index in [-0.39, 0.29) is 5.78 Å². The number of aryl methyl sites for hydroxylation is 1. The maximum absolute atomic E-state index is 12.3. The van der Waals surface area contributed by atoms with Gasteiger partial charge in [-0.3, -0.25) is 9.69 Å². The van der Waals surface area contributed by atoms with Crippen LogP contribution in [-0.4, -0.2) is 50.1 Å². The number of carbonyl (C=O) groups excluding carboxylic acids is 1. The van der Waals surface area contributed by atoms with Crippen LogP contribution in [0.25, 0.3) is 0 Å². The van der Waals surface area contributed by atoms with Crippen molar-refractivity contribution in [3.63, 3.8) is 0 Å². The van der Waals surface area contributed by atoms with Gasteiger partial charge in [0.15, 0.2) is 5.78 Å². The topological polar surface area (TPSA) is 38.8 Å². The third-order valence-electron chi connectivity index (χ3n) is 3.53. The minimum Gasteiger partial charge on any atom is -0.494 e. The molecular weight excluding hydrogens is 254 g/mol. The van der Waals surface area contributed by atoms with Gasteiger partial charge >= 0.3 is 0 Å². The van der Waals surface area contributed by atoms with Gasteiger partial charge in [-0.1, -0.05) is 6.92 Å². The second-order valence-corrected chi connectivity index (χ2v) is 4.92. The standard InChI is InChI=1S/C16H23NO3/c1-3-13-11-14(5-6-16(13)20-4-2)15(18)12-17-7-9-19-10-8-17/h5-6,11H,3-4,7-10,12H2,1-2H3. The van der Waals surface area contributed by atoms with E-state index in [2.05, 4.69) is 11.8 Å². The van der Waals surface area contributed by atoms with Crippen molar-refractivity contribution in [3.8, 4) is 5.75 Å². The lowest BCUT2D eigenvalue weighted by Crippen LogP contribution is -2.39. The molecule has 1 saturated heterocycles. The predicted molar refractivity (Wildman–Crippen MR) is 78.6 cm³/mol. The second kappa shape index (κ2) is 7.41. The number of morpholine rings is 1. The van der Waals surface area contributed by atoms with Gasteiger partial charge in [0.2, 0.25) is 0 Å². The molecule has 20 heavy (non-hydrogen) atoms. The van der Waals surface area contributed by atoms with E-state index in [4.69, 9.17) is 9.47 Å². The summed E-state index contributed by atoms with van der Waals surface area (Å²) in [5.41, 5.74) is 1.87. The van der Waals surface area contributed by atoms with Crippen LogP contribution in [0.3, 0.4) is 0 Å². The summed E-state index contributed by atoms with van der Waals surface area (Å²) in [6.07, 6.45) is 0.869. The molecule has 0 aliphatic carbocycles. The first-order valence-corrected chi connectivity index (χ1v) is 7.33. The fourth-order valence-electron chi connectivity index (χ4n) is 2.38. The van der Waals surface area contributed by atoms with Crippen molar-refractivity contribution in [1.29, 1.82) is 0 Å². The summed E-state index contributed by atoms with van der Waals surface area (Å²) in [6.45, 7) is 8.28. The summed E-state index contributed by atoms with van der Waals surface area (Å²) >= 11 is 0. The van der Waals surface area contributed by atoms with E-state index in [1.165, 1.54) is 0 Å². The third-order valence-corrected chi connectivity index (χ3v) is 3.53. The molecule has 0 amide bonds. The average molecular weight is 277 g/mol. The maximum Gasteiger partial charge on any atom is 0.176 e. The Balaban J connectivity index is 2.05. The lowest BCUT2D eigenvalue weighted by atomic mass is 10.0. The number of carbonyl (C=O) groups is 1. The minimum absolute atomic E-state index is 0.171. The number of hydrogen-bond donors (Lipinski definition) is 0. The van der Waals surface area contributed by atoms with Crippen molar-refractivity contribution in [1.82, 2.24) is 4.90 Å². The van der Waals surface area contributed by atoms with E-state index in [0.717, 1.165) is 49.6 Å². The third kappa shape index (κ3) is 3.81. The first kappa shape index (κ1) is 15.0. The quantitative estimate of drug-likeness (QED) is 0.747. The fourth-order valence-corrected chi connectivity index (χ4v) is 2.38. The first-order valence-electron chi connectivity index (χ1n) is 7.33. The van der Waals surface area contributed by atoms with Gasteiger partial charge in [0, 0.05) is 18.7 Å². The molecule has 0 N–H and O–H groups in total. The molecule has 0 radical (unpaired) electrons. The molecular formula is C16H23NO3. The number of Topliss-reactive ketones (excluding diaryl/α,β-unsaturated/α-hetero) is 1. The molecule has 0 saturated carbocycles. The molecule has 1 heterocycles. The fraction of sp³-hybridized carbons (Fsp3) is 0.562. The molecule has 4 nitrogen and oxygen atoms in total. The van der Waals surface area contributed by atoms with Gasteiger partial charge in [-0.15, -0.1) is 0 Å². The highest BCUT2D eigenvalue weighted by Gasteiger charge is 2.16. The van der Waals surface area contributed by atoms with Crippen LogP contribution in [0.15, 0.2) is 18.2 Å². The first-order chi connectivity index (χ1) is 9.74. The van der Waals surface area contributed by atoms with Crippen LogP contribution < -0.4 is 4.74 Å². The summed E-state index contributed by atoms with van der Waals surface area (Å²) in [7, 11) is 0. The highest BCUT2D eigenvalue weighted by molar-refractivity contribution is 5.98. The van der Waals surface area contributed by atoms with Crippen LogP contribution in [0, 0.1) is 0 Å². The summed E-state index contributed by atoms with van der Waals surface area (Å²) < 4.78 is 10.9. The summed E-state index contributed by atoms with van der Waals surface area (Å²) in [5, 5.41) is 0. The summed E-state index contributed by atoms with van der Waals surface area (Å²) in [5.74, 6) is 1.06. The second-order valence-electron chi connectivity index (χ2n) is 4.92. The minimum atomic E-state index is 0.171. The van der Waals surface area contributed by atoms with Gasteiger partial charge in [0.1, 0.15) is 5.75 Å². The number of ether oxygens (including phenoxy) is 2. The Morgan fingerprint density at radius 2 is 2.05 bits per heavy atom. The summed E-state index contributed by atoms with van der Waals surface area (Å²) in [6, 6.07) is 5.75. The van der Waals surface area contributed by atoms with Gasteiger partial charge in [-0.25, -0.2) is 0 Å². The number of ketones is 1. The predicted octanol–water partition coefficient (Wildman–Crippen LogP) is 2.16. The number of rotatable bonds is 6. The van der Waals surface area contributed by atoms with Crippen LogP contribution in [0.1, 0.15) is 29.8 Å². The normalized spacial score (nSPS) is 16.1. The highest BCUT2D eigenvalue weighted by Crippen LogP contribution is 2.21. The van der Waals surface area contributed by atoms with Gasteiger partial charge < -0.3 is 9.47 Å². The van der Waals surface area contributed by atoms with Gasteiger partial charge in [0.25, 0.3) is 0 Å². The Hall–Kier alpha value is -1.39. The Kier molecular flexibility index (Phi) is 5.56. The van der Waals surface area contributed by atoms with Crippen LogP contribution >= 0.6 is 0 Å².